The van der Waals surface area contributed by atoms with Crippen molar-refractivity contribution in [2.75, 3.05) is 19.6 Å². The third-order valence-electron chi connectivity index (χ3n) is 5.95. The molecule has 2 N–H and O–H groups in total. The number of benzene rings is 1. The minimum atomic E-state index is -4.63. The van der Waals surface area contributed by atoms with Gasteiger partial charge in [0.2, 0.25) is 0 Å². The number of likely N-dealkylation sites (tertiary alicyclic amines) is 1. The van der Waals surface area contributed by atoms with Crippen molar-refractivity contribution in [3.8, 4) is 0 Å². The summed E-state index contributed by atoms with van der Waals surface area (Å²) in [4.78, 5) is 29.4. The Morgan fingerprint density at radius 3 is 2.49 bits per heavy atom. The lowest BCUT2D eigenvalue weighted by Crippen LogP contribution is -2.60. The summed E-state index contributed by atoms with van der Waals surface area (Å²) in [6.45, 7) is 7.57. The van der Waals surface area contributed by atoms with E-state index in [0.717, 1.165) is 6.07 Å². The molecule has 3 rings (SSSR count). The van der Waals surface area contributed by atoms with E-state index in [1.807, 2.05) is 0 Å². The molecule has 2 atom stereocenters. The molecule has 0 aliphatic carbocycles. The zero-order valence-corrected chi connectivity index (χ0v) is 20.8. The summed E-state index contributed by atoms with van der Waals surface area (Å²) in [5.41, 5.74) is -1.50. The minimum Gasteiger partial charge on any atom is -0.444 e. The molecular formula is C23H29ClF3N5O3. The predicted octanol–water partition coefficient (Wildman–Crippen LogP) is 4.60. The van der Waals surface area contributed by atoms with E-state index in [2.05, 4.69) is 0 Å². The highest BCUT2D eigenvalue weighted by Gasteiger charge is 2.41. The minimum absolute atomic E-state index is 0.0537. The number of carbonyl (C=O) groups is 2. The summed E-state index contributed by atoms with van der Waals surface area (Å²) in [7, 11) is 0. The molecule has 2 saturated heterocycles. The maximum Gasteiger partial charge on any atom is 0.417 e. The van der Waals surface area contributed by atoms with Crippen molar-refractivity contribution in [3.63, 3.8) is 0 Å². The van der Waals surface area contributed by atoms with Gasteiger partial charge in [-0.05, 0) is 45.7 Å². The summed E-state index contributed by atoms with van der Waals surface area (Å²) >= 11 is 5.99. The number of rotatable bonds is 3. The number of amidine groups is 2. The Morgan fingerprint density at radius 1 is 1.23 bits per heavy atom. The van der Waals surface area contributed by atoms with Gasteiger partial charge in [-0.25, -0.2) is 4.79 Å². The maximum atomic E-state index is 13.2. The summed E-state index contributed by atoms with van der Waals surface area (Å²) in [6.07, 6.45) is -4.61. The van der Waals surface area contributed by atoms with Crippen molar-refractivity contribution in [1.82, 2.24) is 14.7 Å². The van der Waals surface area contributed by atoms with Gasteiger partial charge in [-0.15, -0.1) is 0 Å². The highest BCUT2D eigenvalue weighted by molar-refractivity contribution is 6.39. The Kier molecular flexibility index (Phi) is 7.40. The van der Waals surface area contributed by atoms with Gasteiger partial charge in [0.25, 0.3) is 5.91 Å². The third kappa shape index (κ3) is 5.88. The van der Waals surface area contributed by atoms with Crippen LogP contribution in [0, 0.1) is 16.7 Å². The van der Waals surface area contributed by atoms with E-state index in [1.54, 1.807) is 27.7 Å². The van der Waals surface area contributed by atoms with E-state index in [9.17, 15) is 22.8 Å². The van der Waals surface area contributed by atoms with Crippen LogP contribution in [0.5, 0.6) is 0 Å². The van der Waals surface area contributed by atoms with E-state index in [1.165, 1.54) is 26.8 Å². The SMILES string of the molecule is CC1CN(C(=N)C2CCN(C(=O)OC(C)(C)C)C2)C(=N)C(=O)N1Cc1cccc(C(F)(F)F)c1Cl. The molecule has 2 heterocycles. The normalized spacial score (nSPS) is 21.5. The predicted molar refractivity (Wildman–Crippen MR) is 125 cm³/mol. The topological polar surface area (TPSA) is 101 Å². The van der Waals surface area contributed by atoms with E-state index in [-0.39, 0.29) is 37.0 Å². The van der Waals surface area contributed by atoms with E-state index >= 15 is 0 Å². The van der Waals surface area contributed by atoms with E-state index in [0.29, 0.717) is 13.0 Å². The van der Waals surface area contributed by atoms with Gasteiger partial charge in [-0.3, -0.25) is 15.6 Å². The first-order chi connectivity index (χ1) is 16.1. The fraction of sp³-hybridized carbons (Fsp3) is 0.565. The number of halogens is 4. The van der Waals surface area contributed by atoms with Crippen molar-refractivity contribution in [3.05, 3.63) is 34.3 Å². The molecule has 2 amide bonds. The van der Waals surface area contributed by atoms with Gasteiger partial charge in [-0.2, -0.15) is 13.2 Å². The van der Waals surface area contributed by atoms with Gasteiger partial charge in [-0.1, -0.05) is 23.7 Å². The second kappa shape index (κ2) is 9.67. The summed E-state index contributed by atoms with van der Waals surface area (Å²) < 4.78 is 45.0. The van der Waals surface area contributed by atoms with Crippen molar-refractivity contribution in [2.24, 2.45) is 5.92 Å². The number of ether oxygens (including phenoxy) is 1. The second-order valence-electron chi connectivity index (χ2n) is 9.81. The van der Waals surface area contributed by atoms with Crippen molar-refractivity contribution < 1.29 is 27.5 Å². The van der Waals surface area contributed by atoms with Crippen molar-refractivity contribution in [2.45, 2.75) is 58.5 Å². The first kappa shape index (κ1) is 26.8. The molecule has 0 radical (unpaired) electrons. The first-order valence-corrected chi connectivity index (χ1v) is 11.6. The number of amides is 2. The fourth-order valence-electron chi connectivity index (χ4n) is 4.15. The highest BCUT2D eigenvalue weighted by atomic mass is 35.5. The molecule has 1 aromatic rings. The largest absolute Gasteiger partial charge is 0.444 e. The molecule has 0 aromatic heterocycles. The molecule has 35 heavy (non-hydrogen) atoms. The van der Waals surface area contributed by atoms with Crippen LogP contribution in [0.3, 0.4) is 0 Å². The molecule has 192 valence electrons. The number of carbonyl (C=O) groups excluding carboxylic acids is 2. The lowest BCUT2D eigenvalue weighted by atomic mass is 10.0. The molecule has 2 aliphatic rings. The number of nitrogens with zero attached hydrogens (tertiary/aromatic N) is 3. The first-order valence-electron chi connectivity index (χ1n) is 11.2. The summed E-state index contributed by atoms with van der Waals surface area (Å²) in [6, 6.07) is 3.03. The summed E-state index contributed by atoms with van der Waals surface area (Å²) in [5.74, 6) is -1.46. The smallest absolute Gasteiger partial charge is 0.417 e. The number of hydrogen-bond acceptors (Lipinski definition) is 5. The van der Waals surface area contributed by atoms with Crippen LogP contribution >= 0.6 is 11.6 Å². The molecule has 1 aromatic carbocycles. The lowest BCUT2D eigenvalue weighted by Gasteiger charge is -2.41. The van der Waals surface area contributed by atoms with E-state index < -0.39 is 46.2 Å². The van der Waals surface area contributed by atoms with Crippen molar-refractivity contribution in [1.29, 1.82) is 10.8 Å². The van der Waals surface area contributed by atoms with Gasteiger partial charge in [0.15, 0.2) is 5.84 Å². The standard InChI is InChI=1S/C23H29ClF3N5O3/c1-13-10-32(18(28)15-8-9-30(11-15)21(34)35-22(2,3)4)19(29)20(33)31(13)12-14-6-5-7-16(17(14)24)23(25,26)27/h5-7,13,15,28-29H,8-12H2,1-4H3. The second-order valence-corrected chi connectivity index (χ2v) is 10.2. The monoisotopic (exact) mass is 515 g/mol. The zero-order valence-electron chi connectivity index (χ0n) is 20.0. The van der Waals surface area contributed by atoms with Gasteiger partial charge in [0.05, 0.1) is 10.6 Å². The molecule has 12 heteroatoms. The van der Waals surface area contributed by atoms with Crippen LogP contribution in [0.2, 0.25) is 5.02 Å². The molecule has 8 nitrogen and oxygen atoms in total. The Labute approximate surface area is 207 Å². The molecule has 2 aliphatic heterocycles. The van der Waals surface area contributed by atoms with Crippen LogP contribution in [0.4, 0.5) is 18.0 Å². The average Bonchev–Trinajstić information content (AvgIpc) is 3.23. The van der Waals surface area contributed by atoms with Crippen LogP contribution in [0.15, 0.2) is 18.2 Å². The molecule has 0 bridgehead atoms. The van der Waals surface area contributed by atoms with Crippen LogP contribution in [-0.4, -0.2) is 69.6 Å². The fourth-order valence-corrected chi connectivity index (χ4v) is 4.45. The number of hydrogen-bond donors (Lipinski definition) is 2. The maximum absolute atomic E-state index is 13.2. The lowest BCUT2D eigenvalue weighted by molar-refractivity contribution is -0.137. The van der Waals surface area contributed by atoms with Crippen LogP contribution in [0.25, 0.3) is 0 Å². The van der Waals surface area contributed by atoms with Crippen LogP contribution in [-0.2, 0) is 22.3 Å². The quantitative estimate of drug-likeness (QED) is 0.453. The highest BCUT2D eigenvalue weighted by Crippen LogP contribution is 2.37. The summed E-state index contributed by atoms with van der Waals surface area (Å²) in [5, 5.41) is 16.5. The zero-order chi connectivity index (χ0) is 26.3. The number of alkyl halides is 3. The number of nitrogens with one attached hydrogen (secondary N) is 2. The molecule has 0 saturated carbocycles. The van der Waals surface area contributed by atoms with E-state index in [4.69, 9.17) is 27.2 Å². The van der Waals surface area contributed by atoms with Crippen molar-refractivity contribution >= 4 is 35.3 Å². The van der Waals surface area contributed by atoms with Gasteiger partial charge in [0, 0.05) is 38.1 Å². The van der Waals surface area contributed by atoms with Gasteiger partial charge in [0.1, 0.15) is 11.4 Å². The molecule has 2 fully saturated rings. The molecule has 0 spiro atoms. The average molecular weight is 516 g/mol. The van der Waals surface area contributed by atoms with Crippen LogP contribution in [0.1, 0.15) is 45.2 Å². The Balaban J connectivity index is 1.69. The molecule has 2 unspecified atom stereocenters. The Morgan fingerprint density at radius 2 is 1.89 bits per heavy atom. The Hall–Kier alpha value is -2.82. The van der Waals surface area contributed by atoms with Gasteiger partial charge >= 0.3 is 12.3 Å². The van der Waals surface area contributed by atoms with Crippen LogP contribution < -0.4 is 0 Å². The number of piperazine rings is 1. The third-order valence-corrected chi connectivity index (χ3v) is 6.40. The Bertz CT molecular complexity index is 1040. The van der Waals surface area contributed by atoms with Gasteiger partial charge < -0.3 is 19.4 Å². The molecular weight excluding hydrogens is 487 g/mol.